The van der Waals surface area contributed by atoms with Crippen LogP contribution in [-0.4, -0.2) is 0 Å². The number of benzene rings is 1. The summed E-state index contributed by atoms with van der Waals surface area (Å²) in [5.74, 6) is 0.435. The van der Waals surface area contributed by atoms with Gasteiger partial charge in [-0.15, -0.1) is 4.91 Å². The molecule has 1 aromatic carbocycles. The van der Waals surface area contributed by atoms with Gasteiger partial charge in [-0.3, -0.25) is 0 Å². The standard InChI is InChI=1S/C6H4BrNO2/c7-5-2-1-3-6(4-5)10-8-9/h1-4H. The predicted molar refractivity (Wildman–Crippen MR) is 40.6 cm³/mol. The molecule has 0 unspecified atom stereocenters. The number of rotatable bonds is 2. The molecule has 1 rings (SSSR count). The summed E-state index contributed by atoms with van der Waals surface area (Å²) in [5.41, 5.74) is 0. The highest BCUT2D eigenvalue weighted by molar-refractivity contribution is 9.10. The average molecular weight is 202 g/mol. The first kappa shape index (κ1) is 7.21. The molecule has 52 valence electrons. The molecule has 0 aliphatic rings. The van der Waals surface area contributed by atoms with Crippen LogP contribution in [0.1, 0.15) is 0 Å². The van der Waals surface area contributed by atoms with Crippen molar-refractivity contribution in [1.82, 2.24) is 0 Å². The highest BCUT2D eigenvalue weighted by Gasteiger charge is 1.92. The smallest absolute Gasteiger partial charge is 0.162 e. The van der Waals surface area contributed by atoms with E-state index in [-0.39, 0.29) is 0 Å². The van der Waals surface area contributed by atoms with E-state index in [9.17, 15) is 4.91 Å². The van der Waals surface area contributed by atoms with Crippen molar-refractivity contribution < 1.29 is 4.84 Å². The van der Waals surface area contributed by atoms with Gasteiger partial charge >= 0.3 is 0 Å². The van der Waals surface area contributed by atoms with Gasteiger partial charge in [0.25, 0.3) is 0 Å². The molecule has 0 spiro atoms. The molecule has 0 atom stereocenters. The van der Waals surface area contributed by atoms with Gasteiger partial charge in [0.1, 0.15) is 0 Å². The number of hydrogen-bond donors (Lipinski definition) is 0. The molecule has 3 nitrogen and oxygen atoms in total. The Morgan fingerprint density at radius 2 is 2.30 bits per heavy atom. The Hall–Kier alpha value is -0.900. The Labute approximate surface area is 66.1 Å². The number of hydrogen-bond acceptors (Lipinski definition) is 3. The minimum atomic E-state index is 0.435. The molecule has 0 heterocycles. The quantitative estimate of drug-likeness (QED) is 0.545. The van der Waals surface area contributed by atoms with E-state index in [1.807, 2.05) is 6.07 Å². The van der Waals surface area contributed by atoms with Crippen LogP contribution >= 0.6 is 15.9 Å². The first-order chi connectivity index (χ1) is 4.83. The van der Waals surface area contributed by atoms with Crippen LogP contribution in [0.2, 0.25) is 0 Å². The monoisotopic (exact) mass is 201 g/mol. The molecule has 0 aromatic heterocycles. The van der Waals surface area contributed by atoms with E-state index in [0.717, 1.165) is 4.47 Å². The Morgan fingerprint density at radius 1 is 1.50 bits per heavy atom. The van der Waals surface area contributed by atoms with Crippen LogP contribution in [0.5, 0.6) is 5.75 Å². The number of halogens is 1. The van der Waals surface area contributed by atoms with Crippen LogP contribution in [0.3, 0.4) is 0 Å². The third-order valence-corrected chi connectivity index (χ3v) is 1.43. The fourth-order valence-electron chi connectivity index (χ4n) is 0.567. The van der Waals surface area contributed by atoms with Crippen molar-refractivity contribution >= 4 is 15.9 Å². The van der Waals surface area contributed by atoms with Gasteiger partial charge in [-0.25, -0.2) is 0 Å². The molecule has 0 aliphatic carbocycles. The van der Waals surface area contributed by atoms with Gasteiger partial charge in [0.05, 0.1) is 0 Å². The van der Waals surface area contributed by atoms with Gasteiger partial charge in [0, 0.05) is 4.47 Å². The molecule has 10 heavy (non-hydrogen) atoms. The van der Waals surface area contributed by atoms with E-state index in [2.05, 4.69) is 26.1 Å². The second-order valence-electron chi connectivity index (χ2n) is 1.62. The molecule has 1 aromatic rings. The first-order valence-corrected chi connectivity index (χ1v) is 3.37. The van der Waals surface area contributed by atoms with Crippen molar-refractivity contribution in [2.45, 2.75) is 0 Å². The highest BCUT2D eigenvalue weighted by Crippen LogP contribution is 2.17. The molecule has 0 amide bonds. The highest BCUT2D eigenvalue weighted by atomic mass is 79.9. The van der Waals surface area contributed by atoms with Crippen molar-refractivity contribution in [3.8, 4) is 5.75 Å². The van der Waals surface area contributed by atoms with Gasteiger partial charge in [-0.1, -0.05) is 22.0 Å². The summed E-state index contributed by atoms with van der Waals surface area (Å²) in [6.07, 6.45) is 0. The van der Waals surface area contributed by atoms with E-state index >= 15 is 0 Å². The molecule has 0 N–H and O–H groups in total. The second kappa shape index (κ2) is 3.31. The lowest BCUT2D eigenvalue weighted by atomic mass is 10.3. The average Bonchev–Trinajstić information content (AvgIpc) is 1.88. The Bertz CT molecular complexity index is 239. The van der Waals surface area contributed by atoms with Crippen LogP contribution in [0, 0.1) is 4.91 Å². The lowest BCUT2D eigenvalue weighted by Crippen LogP contribution is -1.78. The van der Waals surface area contributed by atoms with Gasteiger partial charge < -0.3 is 4.84 Å². The largest absolute Gasteiger partial charge is 0.324 e. The Morgan fingerprint density at radius 3 is 2.90 bits per heavy atom. The summed E-state index contributed by atoms with van der Waals surface area (Å²) < 4.78 is 0.855. The zero-order valence-electron chi connectivity index (χ0n) is 4.95. The summed E-state index contributed by atoms with van der Waals surface area (Å²) in [4.78, 5) is 13.9. The zero-order chi connectivity index (χ0) is 7.40. The maximum absolute atomic E-state index is 9.60. The van der Waals surface area contributed by atoms with E-state index in [4.69, 9.17) is 0 Å². The minimum Gasteiger partial charge on any atom is -0.324 e. The second-order valence-corrected chi connectivity index (χ2v) is 2.54. The normalized spacial score (nSPS) is 8.90. The lowest BCUT2D eigenvalue weighted by molar-refractivity contribution is 0.334. The zero-order valence-corrected chi connectivity index (χ0v) is 6.54. The lowest BCUT2D eigenvalue weighted by Gasteiger charge is -1.93. The molecule has 0 saturated carbocycles. The van der Waals surface area contributed by atoms with E-state index in [1.54, 1.807) is 18.2 Å². The maximum Gasteiger partial charge on any atom is 0.162 e. The summed E-state index contributed by atoms with van der Waals surface area (Å²) >= 11 is 3.21. The predicted octanol–water partition coefficient (Wildman–Crippen LogP) is 2.51. The van der Waals surface area contributed by atoms with Crippen molar-refractivity contribution in [3.05, 3.63) is 33.6 Å². The van der Waals surface area contributed by atoms with Gasteiger partial charge in [-0.05, 0) is 18.2 Å². The summed E-state index contributed by atoms with van der Waals surface area (Å²) in [5, 5.41) is 2.28. The van der Waals surface area contributed by atoms with Crippen LogP contribution in [0.15, 0.2) is 34.1 Å². The fourth-order valence-corrected chi connectivity index (χ4v) is 0.945. The Kier molecular flexibility index (Phi) is 2.39. The molecular weight excluding hydrogens is 198 g/mol. The van der Waals surface area contributed by atoms with Crippen molar-refractivity contribution in [2.24, 2.45) is 5.34 Å². The molecule has 0 bridgehead atoms. The molecule has 0 fully saturated rings. The van der Waals surface area contributed by atoms with Crippen LogP contribution in [0.4, 0.5) is 0 Å². The molecular formula is C6H4BrNO2. The minimum absolute atomic E-state index is 0.435. The van der Waals surface area contributed by atoms with Crippen molar-refractivity contribution in [3.63, 3.8) is 0 Å². The van der Waals surface area contributed by atoms with Gasteiger partial charge in [-0.2, -0.15) is 0 Å². The molecule has 0 saturated heterocycles. The van der Waals surface area contributed by atoms with E-state index in [1.165, 1.54) is 0 Å². The summed E-state index contributed by atoms with van der Waals surface area (Å²) in [6, 6.07) is 6.88. The van der Waals surface area contributed by atoms with Crippen LogP contribution in [0.25, 0.3) is 0 Å². The van der Waals surface area contributed by atoms with Gasteiger partial charge in [0.2, 0.25) is 0 Å². The topological polar surface area (TPSA) is 38.7 Å². The Balaban J connectivity index is 2.84. The van der Waals surface area contributed by atoms with Gasteiger partial charge in [0.15, 0.2) is 11.1 Å². The maximum atomic E-state index is 9.60. The van der Waals surface area contributed by atoms with Crippen LogP contribution in [-0.2, 0) is 0 Å². The first-order valence-electron chi connectivity index (χ1n) is 2.58. The molecule has 4 heteroatoms. The third kappa shape index (κ3) is 1.80. The fraction of sp³-hybridized carbons (Fsp3) is 0. The molecule has 0 aliphatic heterocycles. The van der Waals surface area contributed by atoms with Crippen LogP contribution < -0.4 is 4.84 Å². The third-order valence-electron chi connectivity index (χ3n) is 0.939. The molecule has 0 radical (unpaired) electrons. The van der Waals surface area contributed by atoms with E-state index < -0.39 is 0 Å². The number of nitrogens with zero attached hydrogens (tertiary/aromatic N) is 1. The van der Waals surface area contributed by atoms with Crippen molar-refractivity contribution in [2.75, 3.05) is 0 Å². The summed E-state index contributed by atoms with van der Waals surface area (Å²) in [6.45, 7) is 0. The van der Waals surface area contributed by atoms with E-state index in [0.29, 0.717) is 5.75 Å². The SMILES string of the molecule is O=NOc1cccc(Br)c1. The van der Waals surface area contributed by atoms with Crippen molar-refractivity contribution in [1.29, 1.82) is 0 Å². The summed E-state index contributed by atoms with van der Waals surface area (Å²) in [7, 11) is 0.